The van der Waals surface area contributed by atoms with E-state index in [2.05, 4.69) is 87.7 Å². The van der Waals surface area contributed by atoms with Crippen LogP contribution in [0.5, 0.6) is 0 Å². The van der Waals surface area contributed by atoms with Crippen LogP contribution in [0.2, 0.25) is 0 Å². The maximum atomic E-state index is 13.2. The first-order valence-corrected chi connectivity index (χ1v) is 11.8. The van der Waals surface area contributed by atoms with Gasteiger partial charge < -0.3 is 4.90 Å². The molecule has 0 bridgehead atoms. The minimum absolute atomic E-state index is 0.00695. The van der Waals surface area contributed by atoms with Crippen molar-refractivity contribution < 1.29 is 4.79 Å². The summed E-state index contributed by atoms with van der Waals surface area (Å²) in [6, 6.07) is 13.6. The van der Waals surface area contributed by atoms with Gasteiger partial charge in [0.05, 0.1) is 0 Å². The van der Waals surface area contributed by atoms with E-state index in [1.165, 1.54) is 27.8 Å². The second-order valence-corrected chi connectivity index (χ2v) is 11.3. The van der Waals surface area contributed by atoms with Crippen LogP contribution in [0.25, 0.3) is 0 Å². The van der Waals surface area contributed by atoms with Gasteiger partial charge in [-0.25, -0.2) is 0 Å². The summed E-state index contributed by atoms with van der Waals surface area (Å²) < 4.78 is 0. The van der Waals surface area contributed by atoms with Crippen LogP contribution in [-0.2, 0) is 16.8 Å². The van der Waals surface area contributed by atoms with Crippen LogP contribution in [0.3, 0.4) is 0 Å². The molecule has 1 spiro atoms. The number of fused-ring (bicyclic) bond motifs is 2. The van der Waals surface area contributed by atoms with Crippen molar-refractivity contribution in [2.75, 3.05) is 24.5 Å². The van der Waals surface area contributed by atoms with Gasteiger partial charge in [0.1, 0.15) is 0 Å². The lowest BCUT2D eigenvalue weighted by Gasteiger charge is -2.40. The van der Waals surface area contributed by atoms with Gasteiger partial charge in [-0.1, -0.05) is 67.8 Å². The van der Waals surface area contributed by atoms with Crippen molar-refractivity contribution in [2.45, 2.75) is 72.8 Å². The monoisotopic (exact) mass is 418 g/mol. The molecule has 3 heteroatoms. The number of hydrogen-bond donors (Lipinski definition) is 0. The van der Waals surface area contributed by atoms with E-state index in [0.717, 1.165) is 44.7 Å². The van der Waals surface area contributed by atoms with Crippen molar-refractivity contribution in [2.24, 2.45) is 5.41 Å². The highest BCUT2D eigenvalue weighted by molar-refractivity contribution is 5.96. The Kier molecular flexibility index (Phi) is 5.76. The maximum Gasteiger partial charge on any atom is 0.227 e. The Morgan fingerprint density at radius 2 is 1.58 bits per heavy atom. The Labute approximate surface area is 188 Å². The summed E-state index contributed by atoms with van der Waals surface area (Å²) in [5.74, 6) is 0.271. The van der Waals surface area contributed by atoms with E-state index < -0.39 is 0 Å². The molecule has 0 aliphatic carbocycles. The second kappa shape index (κ2) is 8.09. The fourth-order valence-electron chi connectivity index (χ4n) is 5.54. The molecule has 31 heavy (non-hydrogen) atoms. The van der Waals surface area contributed by atoms with E-state index in [9.17, 15) is 4.79 Å². The lowest BCUT2D eigenvalue weighted by atomic mass is 9.74. The molecule has 1 saturated heterocycles. The second-order valence-electron chi connectivity index (χ2n) is 11.3. The molecule has 2 aromatic carbocycles. The number of aryl methyl sites for hydroxylation is 3. The van der Waals surface area contributed by atoms with Gasteiger partial charge >= 0.3 is 0 Å². The quantitative estimate of drug-likeness (QED) is 0.617. The van der Waals surface area contributed by atoms with E-state index in [-0.39, 0.29) is 16.7 Å². The molecule has 2 aliphatic rings. The zero-order chi connectivity index (χ0) is 22.4. The highest BCUT2D eigenvalue weighted by Gasteiger charge is 2.46. The van der Waals surface area contributed by atoms with Crippen molar-refractivity contribution in [3.8, 4) is 0 Å². The standard InChI is InChI=1S/C28H38N2O/c1-20-7-8-25-24(16-20)28(19-30(25)26(31)17-27(4,5)6)9-11-29(12-10-28)18-23-14-21(2)13-22(3)15-23/h7-8,13-16H,9-12,17-19H2,1-6H3. The minimum Gasteiger partial charge on any atom is -0.311 e. The summed E-state index contributed by atoms with van der Waals surface area (Å²) in [4.78, 5) is 17.9. The third-order valence-corrected chi connectivity index (χ3v) is 6.96. The van der Waals surface area contributed by atoms with Gasteiger partial charge in [0.25, 0.3) is 0 Å². The van der Waals surface area contributed by atoms with Crippen LogP contribution >= 0.6 is 0 Å². The van der Waals surface area contributed by atoms with E-state index in [0.29, 0.717) is 6.42 Å². The molecule has 2 aliphatic heterocycles. The predicted octanol–water partition coefficient (Wildman–Crippen LogP) is 5.93. The topological polar surface area (TPSA) is 23.6 Å². The highest BCUT2D eigenvalue weighted by atomic mass is 16.2. The van der Waals surface area contributed by atoms with Crippen molar-refractivity contribution in [3.63, 3.8) is 0 Å². The summed E-state index contributed by atoms with van der Waals surface area (Å²) in [6.45, 7) is 17.0. The van der Waals surface area contributed by atoms with Gasteiger partial charge in [0.2, 0.25) is 5.91 Å². The molecule has 0 unspecified atom stereocenters. The Balaban J connectivity index is 1.53. The number of nitrogens with zero attached hydrogens (tertiary/aromatic N) is 2. The molecule has 1 amide bonds. The first-order chi connectivity index (χ1) is 14.5. The Hall–Kier alpha value is -2.13. The summed E-state index contributed by atoms with van der Waals surface area (Å²) in [7, 11) is 0. The van der Waals surface area contributed by atoms with E-state index in [4.69, 9.17) is 0 Å². The van der Waals surface area contributed by atoms with Crippen LogP contribution < -0.4 is 4.90 Å². The third-order valence-electron chi connectivity index (χ3n) is 6.96. The number of carbonyl (C=O) groups excluding carboxylic acids is 1. The molecule has 2 heterocycles. The van der Waals surface area contributed by atoms with Gasteiger partial charge in [-0.3, -0.25) is 9.69 Å². The van der Waals surface area contributed by atoms with Crippen molar-refractivity contribution >= 4 is 11.6 Å². The smallest absolute Gasteiger partial charge is 0.227 e. The summed E-state index contributed by atoms with van der Waals surface area (Å²) >= 11 is 0. The first kappa shape index (κ1) is 22.1. The van der Waals surface area contributed by atoms with Gasteiger partial charge in [0, 0.05) is 30.6 Å². The summed E-state index contributed by atoms with van der Waals surface area (Å²) in [5.41, 5.74) is 8.07. The molecule has 4 rings (SSSR count). The molecular weight excluding hydrogens is 380 g/mol. The van der Waals surface area contributed by atoms with Gasteiger partial charge in [0.15, 0.2) is 0 Å². The number of piperidine rings is 1. The number of amides is 1. The molecule has 0 radical (unpaired) electrons. The van der Waals surface area contributed by atoms with Crippen LogP contribution in [0.4, 0.5) is 5.69 Å². The lowest BCUT2D eigenvalue weighted by molar-refractivity contribution is -0.120. The van der Waals surface area contributed by atoms with E-state index in [1.807, 2.05) is 0 Å². The number of benzene rings is 2. The number of anilines is 1. The Morgan fingerprint density at radius 3 is 2.19 bits per heavy atom. The molecule has 0 saturated carbocycles. The average molecular weight is 419 g/mol. The minimum atomic E-state index is 0.00695. The molecule has 0 N–H and O–H groups in total. The average Bonchev–Trinajstić information content (AvgIpc) is 2.95. The fraction of sp³-hybridized carbons (Fsp3) is 0.536. The lowest BCUT2D eigenvalue weighted by Crippen LogP contribution is -2.46. The summed E-state index contributed by atoms with van der Waals surface area (Å²) in [5, 5.41) is 0. The summed E-state index contributed by atoms with van der Waals surface area (Å²) in [6.07, 6.45) is 2.83. The van der Waals surface area contributed by atoms with Gasteiger partial charge in [-0.05, 0) is 69.3 Å². The molecule has 1 fully saturated rings. The van der Waals surface area contributed by atoms with Gasteiger partial charge in [-0.15, -0.1) is 0 Å². The molecule has 2 aromatic rings. The maximum absolute atomic E-state index is 13.2. The van der Waals surface area contributed by atoms with E-state index >= 15 is 0 Å². The first-order valence-electron chi connectivity index (χ1n) is 11.8. The fourth-order valence-corrected chi connectivity index (χ4v) is 5.54. The van der Waals surface area contributed by atoms with Gasteiger partial charge in [-0.2, -0.15) is 0 Å². The van der Waals surface area contributed by atoms with Crippen LogP contribution in [0.15, 0.2) is 36.4 Å². The molecular formula is C28H38N2O. The predicted molar refractivity (Wildman–Crippen MR) is 130 cm³/mol. The van der Waals surface area contributed by atoms with Crippen molar-refractivity contribution in [1.29, 1.82) is 0 Å². The molecule has 166 valence electrons. The number of likely N-dealkylation sites (tertiary alicyclic amines) is 1. The highest BCUT2D eigenvalue weighted by Crippen LogP contribution is 2.48. The number of carbonyl (C=O) groups is 1. The molecule has 0 aromatic heterocycles. The van der Waals surface area contributed by atoms with Crippen LogP contribution in [0, 0.1) is 26.2 Å². The Morgan fingerprint density at radius 1 is 0.935 bits per heavy atom. The van der Waals surface area contributed by atoms with Crippen molar-refractivity contribution in [3.05, 3.63) is 64.2 Å². The SMILES string of the molecule is Cc1cc(C)cc(CN2CCC3(CC2)CN(C(=O)CC(C)(C)C)c2ccc(C)cc23)c1. The van der Waals surface area contributed by atoms with E-state index in [1.54, 1.807) is 0 Å². The zero-order valence-electron chi connectivity index (χ0n) is 20.2. The largest absolute Gasteiger partial charge is 0.311 e. The normalized spacial score (nSPS) is 18.5. The van der Waals surface area contributed by atoms with Crippen molar-refractivity contribution in [1.82, 2.24) is 4.90 Å². The molecule has 0 atom stereocenters. The Bertz CT molecular complexity index is 957. The number of hydrogen-bond acceptors (Lipinski definition) is 2. The van der Waals surface area contributed by atoms with Crippen LogP contribution in [-0.4, -0.2) is 30.4 Å². The zero-order valence-corrected chi connectivity index (χ0v) is 20.2. The number of rotatable bonds is 3. The van der Waals surface area contributed by atoms with Crippen LogP contribution in [0.1, 0.15) is 67.9 Å². The molecule has 3 nitrogen and oxygen atoms in total. The third kappa shape index (κ3) is 4.72.